The lowest BCUT2D eigenvalue weighted by atomic mass is 10.0. The van der Waals surface area contributed by atoms with Gasteiger partial charge in [-0.1, -0.05) is 0 Å². The van der Waals surface area contributed by atoms with Crippen LogP contribution in [0, 0.1) is 5.82 Å². The van der Waals surface area contributed by atoms with Crippen molar-refractivity contribution in [2.24, 2.45) is 0 Å². The lowest BCUT2D eigenvalue weighted by molar-refractivity contribution is -0.119. The molecule has 0 saturated carbocycles. The van der Waals surface area contributed by atoms with E-state index in [1.54, 1.807) is 19.5 Å². The molecule has 4 rings (SSSR count). The Morgan fingerprint density at radius 2 is 1.90 bits per heavy atom. The van der Waals surface area contributed by atoms with Gasteiger partial charge in [-0.2, -0.15) is 0 Å². The topological polar surface area (TPSA) is 76.6 Å². The van der Waals surface area contributed by atoms with Crippen LogP contribution in [0.3, 0.4) is 0 Å². The number of halogens is 1. The second-order valence-electron chi connectivity index (χ2n) is 7.17. The Balaban J connectivity index is 1.45. The first-order valence-corrected chi connectivity index (χ1v) is 9.97. The highest BCUT2D eigenvalue weighted by atomic mass is 19.1. The van der Waals surface area contributed by atoms with E-state index in [-0.39, 0.29) is 24.4 Å². The van der Waals surface area contributed by atoms with Crippen molar-refractivity contribution in [3.05, 3.63) is 72.4 Å². The molecule has 1 fully saturated rings. The highest BCUT2D eigenvalue weighted by Crippen LogP contribution is 2.29. The SMILES string of the molecule is COc1ccc(-c2nccnc2C2CN(CC(=O)Nc3ccc(F)cc3)CCO2)cc1. The number of morpholine rings is 1. The van der Waals surface area contributed by atoms with Gasteiger partial charge in [0, 0.05) is 36.7 Å². The van der Waals surface area contributed by atoms with E-state index in [0.717, 1.165) is 22.7 Å². The summed E-state index contributed by atoms with van der Waals surface area (Å²) in [6.07, 6.45) is 2.99. The molecule has 3 aromatic rings. The molecule has 1 N–H and O–H groups in total. The number of nitrogens with zero attached hydrogens (tertiary/aromatic N) is 3. The smallest absolute Gasteiger partial charge is 0.238 e. The van der Waals surface area contributed by atoms with E-state index in [9.17, 15) is 9.18 Å². The van der Waals surface area contributed by atoms with E-state index in [1.807, 2.05) is 29.2 Å². The zero-order chi connectivity index (χ0) is 21.6. The van der Waals surface area contributed by atoms with Gasteiger partial charge >= 0.3 is 0 Å². The van der Waals surface area contributed by atoms with Crippen molar-refractivity contribution in [1.29, 1.82) is 0 Å². The van der Waals surface area contributed by atoms with Gasteiger partial charge in [-0.3, -0.25) is 19.7 Å². The highest BCUT2D eigenvalue weighted by molar-refractivity contribution is 5.92. The Kier molecular flexibility index (Phi) is 6.49. The number of carbonyl (C=O) groups excluding carboxylic acids is 1. The second kappa shape index (κ2) is 9.63. The van der Waals surface area contributed by atoms with Gasteiger partial charge in [0.2, 0.25) is 5.91 Å². The van der Waals surface area contributed by atoms with E-state index in [2.05, 4.69) is 15.3 Å². The lowest BCUT2D eigenvalue weighted by Crippen LogP contribution is -2.42. The predicted octanol–water partition coefficient (Wildman–Crippen LogP) is 3.30. The number of anilines is 1. The molecule has 1 atom stereocenters. The van der Waals surface area contributed by atoms with Crippen LogP contribution >= 0.6 is 0 Å². The maximum atomic E-state index is 13.0. The first-order valence-electron chi connectivity index (χ1n) is 9.97. The average Bonchev–Trinajstić information content (AvgIpc) is 2.81. The van der Waals surface area contributed by atoms with Crippen molar-refractivity contribution in [3.8, 4) is 17.0 Å². The van der Waals surface area contributed by atoms with Gasteiger partial charge in [0.15, 0.2) is 0 Å². The summed E-state index contributed by atoms with van der Waals surface area (Å²) in [5.41, 5.74) is 2.95. The van der Waals surface area contributed by atoms with E-state index < -0.39 is 0 Å². The van der Waals surface area contributed by atoms with Gasteiger partial charge < -0.3 is 14.8 Å². The van der Waals surface area contributed by atoms with Crippen LogP contribution in [0.1, 0.15) is 11.8 Å². The van der Waals surface area contributed by atoms with E-state index in [4.69, 9.17) is 9.47 Å². The van der Waals surface area contributed by atoms with Crippen LogP contribution in [0.5, 0.6) is 5.75 Å². The summed E-state index contributed by atoms with van der Waals surface area (Å²) in [6, 6.07) is 13.3. The molecule has 8 heteroatoms. The Morgan fingerprint density at radius 1 is 1.16 bits per heavy atom. The number of amides is 1. The number of carbonyl (C=O) groups is 1. The fraction of sp³-hybridized carbons (Fsp3) is 0.261. The zero-order valence-electron chi connectivity index (χ0n) is 17.1. The zero-order valence-corrected chi connectivity index (χ0v) is 17.1. The van der Waals surface area contributed by atoms with Crippen LogP contribution in [-0.4, -0.2) is 54.1 Å². The third-order valence-electron chi connectivity index (χ3n) is 5.04. The Labute approximate surface area is 179 Å². The molecule has 7 nitrogen and oxygen atoms in total. The number of hydrogen-bond donors (Lipinski definition) is 1. The summed E-state index contributed by atoms with van der Waals surface area (Å²) < 4.78 is 24.2. The third kappa shape index (κ3) is 5.22. The summed E-state index contributed by atoms with van der Waals surface area (Å²) in [5.74, 6) is 0.258. The molecule has 1 aliphatic heterocycles. The maximum Gasteiger partial charge on any atom is 0.238 e. The average molecular weight is 422 g/mol. The molecule has 0 radical (unpaired) electrons. The van der Waals surface area contributed by atoms with Crippen molar-refractivity contribution in [1.82, 2.24) is 14.9 Å². The molecule has 160 valence electrons. The molecule has 0 bridgehead atoms. The number of rotatable bonds is 6. The lowest BCUT2D eigenvalue weighted by Gasteiger charge is -2.32. The van der Waals surface area contributed by atoms with E-state index in [1.165, 1.54) is 24.3 Å². The van der Waals surface area contributed by atoms with Gasteiger partial charge in [0.05, 0.1) is 31.6 Å². The third-order valence-corrected chi connectivity index (χ3v) is 5.04. The number of aromatic nitrogens is 2. The minimum Gasteiger partial charge on any atom is -0.497 e. The van der Waals surface area contributed by atoms with Gasteiger partial charge in [-0.05, 0) is 48.5 Å². The number of benzene rings is 2. The standard InChI is InChI=1S/C23H23FN4O3/c1-30-19-8-2-16(3-9-19)22-23(26-11-10-25-22)20-14-28(12-13-31-20)15-21(29)27-18-6-4-17(24)5-7-18/h2-11,20H,12-15H2,1H3,(H,27,29). The molecule has 2 heterocycles. The summed E-state index contributed by atoms with van der Waals surface area (Å²) in [4.78, 5) is 23.5. The largest absolute Gasteiger partial charge is 0.497 e. The van der Waals surface area contributed by atoms with Crippen LogP contribution in [0.2, 0.25) is 0 Å². The van der Waals surface area contributed by atoms with Crippen molar-refractivity contribution in [2.75, 3.05) is 38.7 Å². The first kappa shape index (κ1) is 20.9. The Bertz CT molecular complexity index is 1030. The first-order chi connectivity index (χ1) is 15.1. The molecular weight excluding hydrogens is 399 g/mol. The highest BCUT2D eigenvalue weighted by Gasteiger charge is 2.27. The van der Waals surface area contributed by atoms with Crippen LogP contribution in [0.15, 0.2) is 60.9 Å². The van der Waals surface area contributed by atoms with Crippen molar-refractivity contribution in [3.63, 3.8) is 0 Å². The molecule has 1 aromatic heterocycles. The summed E-state index contributed by atoms with van der Waals surface area (Å²) in [5, 5.41) is 2.79. The minimum atomic E-state index is -0.342. The molecule has 2 aromatic carbocycles. The number of hydrogen-bond acceptors (Lipinski definition) is 6. The fourth-order valence-electron chi connectivity index (χ4n) is 3.50. The van der Waals surface area contributed by atoms with Crippen LogP contribution in [0.4, 0.5) is 10.1 Å². The molecule has 1 saturated heterocycles. The fourth-order valence-corrected chi connectivity index (χ4v) is 3.50. The van der Waals surface area contributed by atoms with Crippen molar-refractivity contribution in [2.45, 2.75) is 6.10 Å². The monoisotopic (exact) mass is 422 g/mol. The minimum absolute atomic E-state index is 0.165. The van der Waals surface area contributed by atoms with Crippen LogP contribution in [-0.2, 0) is 9.53 Å². The predicted molar refractivity (Wildman–Crippen MR) is 114 cm³/mol. The molecule has 0 aliphatic carbocycles. The van der Waals surface area contributed by atoms with Gasteiger partial charge in [-0.25, -0.2) is 4.39 Å². The second-order valence-corrected chi connectivity index (χ2v) is 7.17. The number of nitrogens with one attached hydrogen (secondary N) is 1. The summed E-state index contributed by atoms with van der Waals surface area (Å²) in [7, 11) is 1.62. The summed E-state index contributed by atoms with van der Waals surface area (Å²) in [6.45, 7) is 1.83. The quantitative estimate of drug-likeness (QED) is 0.657. The summed E-state index contributed by atoms with van der Waals surface area (Å²) >= 11 is 0. The Hall–Kier alpha value is -3.36. The maximum absolute atomic E-state index is 13.0. The molecule has 31 heavy (non-hydrogen) atoms. The molecular formula is C23H23FN4O3. The molecule has 1 amide bonds. The number of ether oxygens (including phenoxy) is 2. The van der Waals surface area contributed by atoms with E-state index >= 15 is 0 Å². The van der Waals surface area contributed by atoms with E-state index in [0.29, 0.717) is 25.4 Å². The molecule has 0 spiro atoms. The van der Waals surface area contributed by atoms with Gasteiger partial charge in [0.1, 0.15) is 17.7 Å². The molecule has 1 unspecified atom stereocenters. The molecule has 1 aliphatic rings. The van der Waals surface area contributed by atoms with Crippen molar-refractivity contribution >= 4 is 11.6 Å². The van der Waals surface area contributed by atoms with Crippen LogP contribution < -0.4 is 10.1 Å². The number of methoxy groups -OCH3 is 1. The Morgan fingerprint density at radius 3 is 2.65 bits per heavy atom. The van der Waals surface area contributed by atoms with Gasteiger partial charge in [0.25, 0.3) is 0 Å². The van der Waals surface area contributed by atoms with Crippen molar-refractivity contribution < 1.29 is 18.7 Å². The van der Waals surface area contributed by atoms with Crippen LogP contribution in [0.25, 0.3) is 11.3 Å². The van der Waals surface area contributed by atoms with Gasteiger partial charge in [-0.15, -0.1) is 0 Å². The normalized spacial score (nSPS) is 16.6.